The molecule has 1 rings (SSSR count). The molecule has 0 heterocycles. The number of aliphatic carboxylic acids is 1. The highest BCUT2D eigenvalue weighted by molar-refractivity contribution is 5.77. The van der Waals surface area contributed by atoms with E-state index in [1.54, 1.807) is 6.08 Å². The second kappa shape index (κ2) is 7.37. The van der Waals surface area contributed by atoms with Crippen molar-refractivity contribution in [2.75, 3.05) is 0 Å². The minimum Gasteiger partial charge on any atom is -0.481 e. The number of hydrogen-bond acceptors (Lipinski definition) is 1. The minimum absolute atomic E-state index is 0.131. The first kappa shape index (κ1) is 15.0. The van der Waals surface area contributed by atoms with Gasteiger partial charge in [-0.15, -0.1) is 0 Å². The van der Waals surface area contributed by atoms with E-state index in [0.717, 1.165) is 11.1 Å². The van der Waals surface area contributed by atoms with E-state index in [1.807, 2.05) is 62.4 Å². The van der Waals surface area contributed by atoms with Crippen molar-refractivity contribution in [1.82, 2.24) is 0 Å². The molecule has 2 atom stereocenters. The summed E-state index contributed by atoms with van der Waals surface area (Å²) >= 11 is 0. The van der Waals surface area contributed by atoms with Crippen molar-refractivity contribution in [3.63, 3.8) is 0 Å². The first-order valence-electron chi connectivity index (χ1n) is 6.34. The molecule has 1 aromatic carbocycles. The summed E-state index contributed by atoms with van der Waals surface area (Å²) in [5.41, 5.74) is 1.74. The van der Waals surface area contributed by atoms with E-state index in [4.69, 9.17) is 0 Å². The van der Waals surface area contributed by atoms with Gasteiger partial charge in [-0.2, -0.15) is 0 Å². The van der Waals surface area contributed by atoms with Gasteiger partial charge in [0.05, 0.1) is 5.92 Å². The standard InChI is InChI=1S/C17H20O2/c1-4-6-10-14(5-2)13(3)16(17(18)19)15-11-8-7-9-12-15/h4-13,16H,2H2,1,3H3,(H,18,19)/b6-4-,14-10+. The van der Waals surface area contributed by atoms with Crippen molar-refractivity contribution in [1.29, 1.82) is 0 Å². The predicted octanol–water partition coefficient (Wildman–Crippen LogP) is 4.18. The van der Waals surface area contributed by atoms with Gasteiger partial charge in [-0.25, -0.2) is 0 Å². The number of rotatable bonds is 6. The van der Waals surface area contributed by atoms with Crippen molar-refractivity contribution in [3.05, 3.63) is 72.4 Å². The summed E-state index contributed by atoms with van der Waals surface area (Å²) in [6, 6.07) is 9.32. The van der Waals surface area contributed by atoms with Gasteiger partial charge in [0, 0.05) is 0 Å². The molecule has 0 saturated carbocycles. The number of carboxylic acid groups (broad SMARTS) is 1. The van der Waals surface area contributed by atoms with E-state index >= 15 is 0 Å². The van der Waals surface area contributed by atoms with Crippen molar-refractivity contribution in [3.8, 4) is 0 Å². The fourth-order valence-electron chi connectivity index (χ4n) is 2.11. The van der Waals surface area contributed by atoms with Crippen LogP contribution in [0.5, 0.6) is 0 Å². The molecule has 0 aliphatic carbocycles. The van der Waals surface area contributed by atoms with E-state index in [2.05, 4.69) is 6.58 Å². The molecule has 0 amide bonds. The van der Waals surface area contributed by atoms with Crippen LogP contribution in [-0.2, 0) is 4.79 Å². The van der Waals surface area contributed by atoms with Gasteiger partial charge >= 0.3 is 5.97 Å². The maximum atomic E-state index is 11.6. The molecule has 0 fully saturated rings. The van der Waals surface area contributed by atoms with Crippen molar-refractivity contribution in [2.24, 2.45) is 5.92 Å². The van der Waals surface area contributed by atoms with E-state index in [-0.39, 0.29) is 5.92 Å². The first-order valence-corrected chi connectivity index (χ1v) is 6.34. The van der Waals surface area contributed by atoms with Gasteiger partial charge in [0.25, 0.3) is 0 Å². The SMILES string of the molecule is C=C/C(=C\C=C/C)C(C)C(C(=O)O)c1ccccc1. The van der Waals surface area contributed by atoms with E-state index in [9.17, 15) is 9.90 Å². The summed E-state index contributed by atoms with van der Waals surface area (Å²) in [4.78, 5) is 11.6. The monoisotopic (exact) mass is 256 g/mol. The molecule has 100 valence electrons. The second-order valence-corrected chi connectivity index (χ2v) is 4.41. The Hall–Kier alpha value is -2.09. The summed E-state index contributed by atoms with van der Waals surface area (Å²) in [6.45, 7) is 7.62. The summed E-state index contributed by atoms with van der Waals surface area (Å²) in [7, 11) is 0. The van der Waals surface area contributed by atoms with Crippen LogP contribution in [0, 0.1) is 5.92 Å². The number of allylic oxidation sites excluding steroid dienone is 5. The topological polar surface area (TPSA) is 37.3 Å². The number of hydrogen-bond donors (Lipinski definition) is 1. The molecule has 0 saturated heterocycles. The molecule has 2 nitrogen and oxygen atoms in total. The lowest BCUT2D eigenvalue weighted by Crippen LogP contribution is -2.20. The number of carboxylic acids is 1. The van der Waals surface area contributed by atoms with Gasteiger partial charge in [-0.3, -0.25) is 4.79 Å². The van der Waals surface area contributed by atoms with E-state index < -0.39 is 11.9 Å². The Morgan fingerprint density at radius 1 is 1.32 bits per heavy atom. The van der Waals surface area contributed by atoms with Crippen LogP contribution < -0.4 is 0 Å². The van der Waals surface area contributed by atoms with Crippen LogP contribution in [0.3, 0.4) is 0 Å². The Bertz CT molecular complexity index is 483. The highest BCUT2D eigenvalue weighted by Gasteiger charge is 2.27. The van der Waals surface area contributed by atoms with Gasteiger partial charge in [0.2, 0.25) is 0 Å². The lowest BCUT2D eigenvalue weighted by molar-refractivity contribution is -0.139. The molecule has 2 unspecified atom stereocenters. The van der Waals surface area contributed by atoms with Gasteiger partial charge in [-0.1, -0.05) is 68.1 Å². The van der Waals surface area contributed by atoms with Crippen LogP contribution in [0.2, 0.25) is 0 Å². The van der Waals surface area contributed by atoms with Crippen LogP contribution in [0.25, 0.3) is 0 Å². The van der Waals surface area contributed by atoms with Gasteiger partial charge in [0.1, 0.15) is 0 Å². The van der Waals surface area contributed by atoms with Gasteiger partial charge < -0.3 is 5.11 Å². The molecule has 0 aliphatic heterocycles. The van der Waals surface area contributed by atoms with Crippen LogP contribution >= 0.6 is 0 Å². The molecular formula is C17H20O2. The first-order chi connectivity index (χ1) is 9.11. The molecular weight excluding hydrogens is 236 g/mol. The minimum atomic E-state index is -0.813. The third-order valence-electron chi connectivity index (χ3n) is 3.17. The highest BCUT2D eigenvalue weighted by atomic mass is 16.4. The average Bonchev–Trinajstić information content (AvgIpc) is 2.40. The predicted molar refractivity (Wildman–Crippen MR) is 79.1 cm³/mol. The molecule has 0 aliphatic rings. The maximum Gasteiger partial charge on any atom is 0.311 e. The van der Waals surface area contributed by atoms with Crippen molar-refractivity contribution < 1.29 is 9.90 Å². The van der Waals surface area contributed by atoms with Crippen molar-refractivity contribution >= 4 is 5.97 Å². The Morgan fingerprint density at radius 2 is 1.95 bits per heavy atom. The van der Waals surface area contributed by atoms with E-state index in [1.165, 1.54) is 0 Å². The molecule has 0 radical (unpaired) electrons. The normalized spacial score (nSPS) is 15.2. The van der Waals surface area contributed by atoms with Gasteiger partial charge in [-0.05, 0) is 24.0 Å². The molecule has 0 spiro atoms. The Balaban J connectivity index is 3.13. The van der Waals surface area contributed by atoms with Crippen LogP contribution in [0.15, 0.2) is 66.8 Å². The second-order valence-electron chi connectivity index (χ2n) is 4.41. The Labute approximate surface area is 114 Å². The lowest BCUT2D eigenvalue weighted by Gasteiger charge is -2.21. The van der Waals surface area contributed by atoms with Crippen LogP contribution in [-0.4, -0.2) is 11.1 Å². The number of benzene rings is 1. The van der Waals surface area contributed by atoms with Gasteiger partial charge in [0.15, 0.2) is 0 Å². The molecule has 19 heavy (non-hydrogen) atoms. The average molecular weight is 256 g/mol. The molecule has 1 aromatic rings. The third-order valence-corrected chi connectivity index (χ3v) is 3.17. The van der Waals surface area contributed by atoms with Crippen LogP contribution in [0.4, 0.5) is 0 Å². The highest BCUT2D eigenvalue weighted by Crippen LogP contribution is 2.30. The zero-order chi connectivity index (χ0) is 14.3. The summed E-state index contributed by atoms with van der Waals surface area (Å²) < 4.78 is 0. The quantitative estimate of drug-likeness (QED) is 0.775. The lowest BCUT2D eigenvalue weighted by atomic mass is 9.82. The Morgan fingerprint density at radius 3 is 2.42 bits per heavy atom. The van der Waals surface area contributed by atoms with Crippen molar-refractivity contribution in [2.45, 2.75) is 19.8 Å². The van der Waals surface area contributed by atoms with Crippen LogP contribution in [0.1, 0.15) is 25.3 Å². The third kappa shape index (κ3) is 3.95. The Kier molecular flexibility index (Phi) is 5.80. The molecule has 0 aromatic heterocycles. The molecule has 1 N–H and O–H groups in total. The molecule has 2 heteroatoms. The van der Waals surface area contributed by atoms with E-state index in [0.29, 0.717) is 0 Å². The zero-order valence-electron chi connectivity index (χ0n) is 11.4. The summed E-state index contributed by atoms with van der Waals surface area (Å²) in [6.07, 6.45) is 7.45. The molecule has 0 bridgehead atoms. The zero-order valence-corrected chi connectivity index (χ0v) is 11.4. The fraction of sp³-hybridized carbons (Fsp3) is 0.235. The summed E-state index contributed by atoms with van der Waals surface area (Å²) in [5.74, 6) is -1.50. The maximum absolute atomic E-state index is 11.6. The fourth-order valence-corrected chi connectivity index (χ4v) is 2.11. The summed E-state index contributed by atoms with van der Waals surface area (Å²) in [5, 5.41) is 9.49. The largest absolute Gasteiger partial charge is 0.481 e. The number of carbonyl (C=O) groups is 1. The smallest absolute Gasteiger partial charge is 0.311 e.